The van der Waals surface area contributed by atoms with Crippen LogP contribution in [0.2, 0.25) is 5.02 Å². The summed E-state index contributed by atoms with van der Waals surface area (Å²) < 4.78 is 58.6. The number of halogens is 3. The van der Waals surface area contributed by atoms with Gasteiger partial charge in [-0.15, -0.1) is 0 Å². The maximum absolute atomic E-state index is 14.4. The predicted molar refractivity (Wildman–Crippen MR) is 93.5 cm³/mol. The quantitative estimate of drug-likeness (QED) is 0.733. The van der Waals surface area contributed by atoms with Crippen molar-refractivity contribution in [3.8, 4) is 0 Å². The van der Waals surface area contributed by atoms with Gasteiger partial charge < -0.3 is 4.74 Å². The fourth-order valence-corrected chi connectivity index (χ4v) is 4.23. The molecular weight excluding hydrogens is 374 g/mol. The van der Waals surface area contributed by atoms with Crippen LogP contribution in [-0.2, 0) is 14.8 Å². The van der Waals surface area contributed by atoms with E-state index in [4.69, 9.17) is 16.3 Å². The van der Waals surface area contributed by atoms with Gasteiger partial charge in [0.05, 0.1) is 31.2 Å². The number of rotatable bonds is 8. The zero-order chi connectivity index (χ0) is 18.4. The Morgan fingerprint density at radius 1 is 1.48 bits per heavy atom. The van der Waals surface area contributed by atoms with Gasteiger partial charge in [-0.05, 0) is 25.5 Å². The molecule has 0 saturated carbocycles. The van der Waals surface area contributed by atoms with Gasteiger partial charge in [0, 0.05) is 30.2 Å². The number of benzene rings is 1. The van der Waals surface area contributed by atoms with Crippen molar-refractivity contribution in [2.24, 2.45) is 0 Å². The lowest BCUT2D eigenvalue weighted by Crippen LogP contribution is -2.47. The Morgan fingerprint density at radius 3 is 2.88 bits per heavy atom. The minimum Gasteiger partial charge on any atom is -0.376 e. The molecule has 1 N–H and O–H groups in total. The van der Waals surface area contributed by atoms with Crippen LogP contribution in [0, 0.1) is 5.82 Å². The van der Waals surface area contributed by atoms with E-state index < -0.39 is 28.6 Å². The lowest BCUT2D eigenvalue weighted by molar-refractivity contribution is -0.0342. The molecule has 1 aromatic rings. The first kappa shape index (κ1) is 20.5. The second-order valence-electron chi connectivity index (χ2n) is 6.04. The molecule has 2 rings (SSSR count). The summed E-state index contributed by atoms with van der Waals surface area (Å²) >= 11 is 6.19. The average Bonchev–Trinajstić information content (AvgIpc) is 2.55. The molecule has 1 aromatic carbocycles. The molecule has 0 unspecified atom stereocenters. The first-order chi connectivity index (χ1) is 11.8. The van der Waals surface area contributed by atoms with Crippen LogP contribution in [0.15, 0.2) is 18.2 Å². The maximum Gasteiger partial charge on any atom is 0.211 e. The number of hydrogen-bond acceptors (Lipinski definition) is 4. The van der Waals surface area contributed by atoms with Gasteiger partial charge in [0.2, 0.25) is 10.0 Å². The van der Waals surface area contributed by atoms with Crippen LogP contribution in [0.3, 0.4) is 0 Å². The summed E-state index contributed by atoms with van der Waals surface area (Å²) in [5.74, 6) is -0.791. The van der Waals surface area contributed by atoms with E-state index in [0.717, 1.165) is 0 Å². The van der Waals surface area contributed by atoms with E-state index in [2.05, 4.69) is 4.72 Å². The number of nitrogens with zero attached hydrogens (tertiary/aromatic N) is 1. The standard InChI is InChI=1S/C16H23ClF2N2O3S/c1-12-11-21(7-8-24-12)15(10-20-25(22,23)9-3-6-18)16-13(17)4-2-5-14(16)19/h2,4-5,12,15,20H,3,6-11H2,1H3/t12-,15-/m0/s1. The van der Waals surface area contributed by atoms with E-state index in [9.17, 15) is 17.2 Å². The first-order valence-electron chi connectivity index (χ1n) is 8.17. The van der Waals surface area contributed by atoms with Crippen molar-refractivity contribution < 1.29 is 21.9 Å². The minimum atomic E-state index is -3.64. The van der Waals surface area contributed by atoms with Crippen LogP contribution in [0.1, 0.15) is 24.9 Å². The smallest absolute Gasteiger partial charge is 0.211 e. The summed E-state index contributed by atoms with van der Waals surface area (Å²) in [7, 11) is -3.64. The van der Waals surface area contributed by atoms with Crippen LogP contribution in [0.25, 0.3) is 0 Å². The Kier molecular flexibility index (Phi) is 7.57. The van der Waals surface area contributed by atoms with E-state index in [-0.39, 0.29) is 35.4 Å². The molecule has 9 heteroatoms. The van der Waals surface area contributed by atoms with Crippen molar-refractivity contribution >= 4 is 21.6 Å². The molecule has 142 valence electrons. The van der Waals surface area contributed by atoms with Crippen LogP contribution in [0.5, 0.6) is 0 Å². The van der Waals surface area contributed by atoms with Crippen molar-refractivity contribution in [3.63, 3.8) is 0 Å². The Bertz CT molecular complexity index is 655. The van der Waals surface area contributed by atoms with E-state index in [1.165, 1.54) is 12.1 Å². The normalized spacial score (nSPS) is 20.6. The molecule has 1 aliphatic heterocycles. The highest BCUT2D eigenvalue weighted by Crippen LogP contribution is 2.31. The fourth-order valence-electron chi connectivity index (χ4n) is 2.89. The van der Waals surface area contributed by atoms with E-state index in [1.807, 2.05) is 11.8 Å². The van der Waals surface area contributed by atoms with Crippen molar-refractivity contribution in [1.82, 2.24) is 9.62 Å². The predicted octanol–water partition coefficient (Wildman–Crippen LogP) is 2.52. The molecule has 2 atom stereocenters. The van der Waals surface area contributed by atoms with Crippen LogP contribution in [-0.4, -0.2) is 58.1 Å². The van der Waals surface area contributed by atoms with Crippen molar-refractivity contribution in [2.75, 3.05) is 38.7 Å². The third-order valence-corrected chi connectivity index (χ3v) is 5.85. The van der Waals surface area contributed by atoms with E-state index in [0.29, 0.717) is 19.7 Å². The highest BCUT2D eigenvalue weighted by molar-refractivity contribution is 7.89. The lowest BCUT2D eigenvalue weighted by Gasteiger charge is -2.38. The van der Waals surface area contributed by atoms with Gasteiger partial charge in [0.15, 0.2) is 0 Å². The number of nitrogens with one attached hydrogen (secondary N) is 1. The Hall–Kier alpha value is -0.800. The molecule has 1 saturated heterocycles. The largest absolute Gasteiger partial charge is 0.376 e. The number of morpholine rings is 1. The fraction of sp³-hybridized carbons (Fsp3) is 0.625. The topological polar surface area (TPSA) is 58.6 Å². The van der Waals surface area contributed by atoms with Gasteiger partial charge in [0.25, 0.3) is 0 Å². The SMILES string of the molecule is C[C@H]1CN([C@@H](CNS(=O)(=O)CCCF)c2c(F)cccc2Cl)CCO1. The molecule has 1 heterocycles. The summed E-state index contributed by atoms with van der Waals surface area (Å²) in [6, 6.07) is 3.82. The van der Waals surface area contributed by atoms with Crippen molar-refractivity contribution in [1.29, 1.82) is 0 Å². The van der Waals surface area contributed by atoms with Gasteiger partial charge in [-0.25, -0.2) is 17.5 Å². The second-order valence-corrected chi connectivity index (χ2v) is 8.37. The van der Waals surface area contributed by atoms with Gasteiger partial charge in [-0.3, -0.25) is 9.29 Å². The third-order valence-electron chi connectivity index (χ3n) is 4.09. The van der Waals surface area contributed by atoms with Crippen LogP contribution < -0.4 is 4.72 Å². The average molecular weight is 397 g/mol. The van der Waals surface area contributed by atoms with Gasteiger partial charge in [-0.2, -0.15) is 0 Å². The summed E-state index contributed by atoms with van der Waals surface area (Å²) in [4.78, 5) is 1.95. The van der Waals surface area contributed by atoms with Crippen molar-refractivity contribution in [3.05, 3.63) is 34.6 Å². The van der Waals surface area contributed by atoms with Crippen LogP contribution in [0.4, 0.5) is 8.78 Å². The highest BCUT2D eigenvalue weighted by atomic mass is 35.5. The van der Waals surface area contributed by atoms with E-state index in [1.54, 1.807) is 6.07 Å². The van der Waals surface area contributed by atoms with Gasteiger partial charge in [0.1, 0.15) is 5.82 Å². The number of alkyl halides is 1. The van der Waals surface area contributed by atoms with Gasteiger partial charge in [-0.1, -0.05) is 17.7 Å². The molecule has 0 aromatic heterocycles. The summed E-state index contributed by atoms with van der Waals surface area (Å²) in [5.41, 5.74) is 0.256. The second kappa shape index (κ2) is 9.23. The third kappa shape index (κ3) is 5.86. The lowest BCUT2D eigenvalue weighted by atomic mass is 10.0. The summed E-state index contributed by atoms with van der Waals surface area (Å²) in [6.07, 6.45) is -0.125. The number of sulfonamides is 1. The molecule has 0 radical (unpaired) electrons. The van der Waals surface area contributed by atoms with Crippen molar-refractivity contribution in [2.45, 2.75) is 25.5 Å². The Morgan fingerprint density at radius 2 is 2.24 bits per heavy atom. The molecule has 0 aliphatic carbocycles. The molecular formula is C16H23ClF2N2O3S. The first-order valence-corrected chi connectivity index (χ1v) is 10.2. The molecule has 25 heavy (non-hydrogen) atoms. The molecule has 0 spiro atoms. The Balaban J connectivity index is 2.23. The Labute approximate surface area is 152 Å². The monoisotopic (exact) mass is 396 g/mol. The number of hydrogen-bond donors (Lipinski definition) is 1. The maximum atomic E-state index is 14.4. The van der Waals surface area contributed by atoms with Crippen LogP contribution >= 0.6 is 11.6 Å². The minimum absolute atomic E-state index is 0.0397. The highest BCUT2D eigenvalue weighted by Gasteiger charge is 2.30. The zero-order valence-corrected chi connectivity index (χ0v) is 15.6. The summed E-state index contributed by atoms with van der Waals surface area (Å²) in [5, 5.41) is 0.243. The molecule has 5 nitrogen and oxygen atoms in total. The zero-order valence-electron chi connectivity index (χ0n) is 14.1. The summed E-state index contributed by atoms with van der Waals surface area (Å²) in [6.45, 7) is 2.69. The van der Waals surface area contributed by atoms with Gasteiger partial charge >= 0.3 is 0 Å². The number of ether oxygens (including phenoxy) is 1. The molecule has 0 amide bonds. The molecule has 0 bridgehead atoms. The molecule has 1 fully saturated rings. The molecule has 1 aliphatic rings. The van der Waals surface area contributed by atoms with E-state index >= 15 is 0 Å².